The normalized spacial score (nSPS) is 18.8. The van der Waals surface area contributed by atoms with E-state index in [1.54, 1.807) is 0 Å². The van der Waals surface area contributed by atoms with Gasteiger partial charge >= 0.3 is 5.97 Å². The minimum atomic E-state index is -0.409. The number of aryl methyl sites for hydroxylation is 2. The highest BCUT2D eigenvalue weighted by Crippen LogP contribution is 2.41. The molecule has 0 aliphatic heterocycles. The molecule has 0 saturated heterocycles. The Morgan fingerprint density at radius 2 is 1.77 bits per heavy atom. The van der Waals surface area contributed by atoms with Crippen LogP contribution in [0.5, 0.6) is 0 Å². The Labute approximate surface area is 184 Å². The van der Waals surface area contributed by atoms with Crippen LogP contribution in [0, 0.1) is 25.7 Å². The van der Waals surface area contributed by atoms with Crippen LogP contribution >= 0.6 is 11.3 Å². The van der Waals surface area contributed by atoms with Crippen molar-refractivity contribution in [1.82, 2.24) is 0 Å². The first-order valence-corrected chi connectivity index (χ1v) is 11.9. The van der Waals surface area contributed by atoms with Crippen molar-refractivity contribution in [2.75, 3.05) is 12.4 Å². The molecule has 1 N–H and O–H groups in total. The smallest absolute Gasteiger partial charge is 0.341 e. The number of unbranched alkanes of at least 4 members (excludes halogenated alkanes) is 1. The molecule has 0 radical (unpaired) electrons. The highest BCUT2D eigenvalue weighted by Gasteiger charge is 2.29. The molecule has 4 nitrogen and oxygen atoms in total. The summed E-state index contributed by atoms with van der Waals surface area (Å²) in [7, 11) is 1.39. The van der Waals surface area contributed by atoms with Crippen LogP contribution in [0.1, 0.15) is 72.7 Å². The first-order valence-electron chi connectivity index (χ1n) is 11.0. The maximum Gasteiger partial charge on any atom is 0.341 e. The molecule has 162 valence electrons. The molecule has 1 aromatic carbocycles. The van der Waals surface area contributed by atoms with Crippen molar-refractivity contribution in [2.24, 2.45) is 11.8 Å². The quantitative estimate of drug-likeness (QED) is 0.497. The molecule has 0 spiro atoms. The summed E-state index contributed by atoms with van der Waals surface area (Å²) in [5, 5.41) is 3.68. The Morgan fingerprint density at radius 3 is 2.37 bits per heavy atom. The Bertz CT molecular complexity index is 877. The van der Waals surface area contributed by atoms with Crippen molar-refractivity contribution in [2.45, 2.75) is 65.7 Å². The van der Waals surface area contributed by atoms with Gasteiger partial charge in [0.25, 0.3) is 0 Å². The second-order valence-electron chi connectivity index (χ2n) is 8.44. The zero-order chi connectivity index (χ0) is 21.7. The van der Waals surface area contributed by atoms with Crippen molar-refractivity contribution >= 4 is 28.2 Å². The van der Waals surface area contributed by atoms with Gasteiger partial charge in [-0.3, -0.25) is 4.79 Å². The second-order valence-corrected chi connectivity index (χ2v) is 9.67. The molecule has 1 saturated carbocycles. The SMILES string of the molecule is CCCCC1CCC(C(=O)Nc2sc(C)c(-c3ccc(C)cc3)c2C(=O)OC)CC1. The third-order valence-corrected chi connectivity index (χ3v) is 7.25. The summed E-state index contributed by atoms with van der Waals surface area (Å²) in [6.07, 6.45) is 7.91. The van der Waals surface area contributed by atoms with Gasteiger partial charge in [0.2, 0.25) is 5.91 Å². The van der Waals surface area contributed by atoms with Crippen molar-refractivity contribution in [3.63, 3.8) is 0 Å². The zero-order valence-corrected chi connectivity index (χ0v) is 19.4. The predicted octanol–water partition coefficient (Wildman–Crippen LogP) is 6.75. The lowest BCUT2D eigenvalue weighted by Gasteiger charge is -2.27. The Kier molecular flexibility index (Phi) is 7.70. The minimum Gasteiger partial charge on any atom is -0.465 e. The van der Waals surface area contributed by atoms with E-state index in [1.165, 1.54) is 37.7 Å². The fraction of sp³-hybridized carbons (Fsp3) is 0.520. The summed E-state index contributed by atoms with van der Waals surface area (Å²) in [5.74, 6) is 0.412. The lowest BCUT2D eigenvalue weighted by atomic mass is 9.79. The van der Waals surface area contributed by atoms with Gasteiger partial charge in [-0.15, -0.1) is 11.3 Å². The number of hydrogen-bond acceptors (Lipinski definition) is 4. The van der Waals surface area contributed by atoms with Gasteiger partial charge in [-0.1, -0.05) is 56.0 Å². The van der Waals surface area contributed by atoms with Gasteiger partial charge in [-0.25, -0.2) is 4.79 Å². The standard InChI is InChI=1S/C25H33NO3S/c1-5-6-7-18-10-14-20(15-11-18)23(27)26-24-22(25(28)29-4)21(17(3)30-24)19-12-8-16(2)9-13-19/h8-9,12-13,18,20H,5-7,10-11,14-15H2,1-4H3,(H,26,27). The number of methoxy groups -OCH3 is 1. The van der Waals surface area contributed by atoms with Gasteiger partial charge in [-0.2, -0.15) is 0 Å². The van der Waals surface area contributed by atoms with Crippen LogP contribution in [0.15, 0.2) is 24.3 Å². The molecule has 1 aromatic heterocycles. The number of nitrogens with one attached hydrogen (secondary N) is 1. The number of amides is 1. The number of hydrogen-bond donors (Lipinski definition) is 1. The number of thiophene rings is 1. The fourth-order valence-corrected chi connectivity index (χ4v) is 5.48. The number of carbonyl (C=O) groups is 2. The maximum absolute atomic E-state index is 13.0. The molecular formula is C25H33NO3S. The average Bonchev–Trinajstić information content (AvgIpc) is 3.08. The van der Waals surface area contributed by atoms with Crippen LogP contribution in [-0.2, 0) is 9.53 Å². The van der Waals surface area contributed by atoms with E-state index in [-0.39, 0.29) is 11.8 Å². The summed E-state index contributed by atoms with van der Waals surface area (Å²) in [4.78, 5) is 26.6. The van der Waals surface area contributed by atoms with Gasteiger partial charge < -0.3 is 10.1 Å². The van der Waals surface area contributed by atoms with Crippen molar-refractivity contribution < 1.29 is 14.3 Å². The number of anilines is 1. The monoisotopic (exact) mass is 427 g/mol. The largest absolute Gasteiger partial charge is 0.465 e. The molecule has 0 atom stereocenters. The van der Waals surface area contributed by atoms with Gasteiger partial charge in [0.15, 0.2) is 0 Å². The summed E-state index contributed by atoms with van der Waals surface area (Å²) < 4.78 is 5.07. The highest BCUT2D eigenvalue weighted by atomic mass is 32.1. The summed E-state index contributed by atoms with van der Waals surface area (Å²) >= 11 is 1.45. The molecule has 1 heterocycles. The van der Waals surface area contributed by atoms with Crippen molar-refractivity contribution in [3.8, 4) is 11.1 Å². The van der Waals surface area contributed by atoms with Crippen molar-refractivity contribution in [3.05, 3.63) is 40.3 Å². The lowest BCUT2D eigenvalue weighted by molar-refractivity contribution is -0.121. The van der Waals surface area contributed by atoms with Crippen LogP contribution in [-0.4, -0.2) is 19.0 Å². The van der Waals surface area contributed by atoms with E-state index in [0.29, 0.717) is 10.6 Å². The number of rotatable bonds is 7. The third-order valence-electron chi connectivity index (χ3n) is 6.23. The molecule has 3 rings (SSSR count). The lowest BCUT2D eigenvalue weighted by Crippen LogP contribution is -2.27. The van der Waals surface area contributed by atoms with Gasteiger partial charge in [0, 0.05) is 16.4 Å². The first kappa shape index (κ1) is 22.5. The molecule has 0 bridgehead atoms. The summed E-state index contributed by atoms with van der Waals surface area (Å²) in [5.41, 5.74) is 3.44. The number of benzene rings is 1. The number of carbonyl (C=O) groups excluding carboxylic acids is 2. The molecule has 2 aromatic rings. The number of esters is 1. The molecule has 1 fully saturated rings. The Morgan fingerprint density at radius 1 is 1.10 bits per heavy atom. The molecule has 0 unspecified atom stereocenters. The fourth-order valence-electron chi connectivity index (χ4n) is 4.42. The van der Waals surface area contributed by atoms with Crippen molar-refractivity contribution in [1.29, 1.82) is 0 Å². The summed E-state index contributed by atoms with van der Waals surface area (Å²) in [6, 6.07) is 8.09. The number of ether oxygens (including phenoxy) is 1. The minimum absolute atomic E-state index is 0.0265. The van der Waals surface area contributed by atoms with Crippen LogP contribution in [0.2, 0.25) is 0 Å². The molecule has 1 aliphatic rings. The topological polar surface area (TPSA) is 55.4 Å². The average molecular weight is 428 g/mol. The van der Waals surface area contributed by atoms with E-state index in [9.17, 15) is 9.59 Å². The van der Waals surface area contributed by atoms with Gasteiger partial charge in [-0.05, 0) is 51.0 Å². The maximum atomic E-state index is 13.0. The van der Waals surface area contributed by atoms with Gasteiger partial charge in [0.05, 0.1) is 7.11 Å². The first-order chi connectivity index (χ1) is 14.4. The van der Waals surface area contributed by atoms with E-state index < -0.39 is 5.97 Å². The Hall–Kier alpha value is -2.14. The molecule has 30 heavy (non-hydrogen) atoms. The van der Waals surface area contributed by atoms with Crippen LogP contribution in [0.3, 0.4) is 0 Å². The van der Waals surface area contributed by atoms with Crippen LogP contribution in [0.25, 0.3) is 11.1 Å². The van der Waals surface area contributed by atoms with E-state index >= 15 is 0 Å². The van der Waals surface area contributed by atoms with E-state index in [4.69, 9.17) is 4.74 Å². The van der Waals surface area contributed by atoms with E-state index in [2.05, 4.69) is 12.2 Å². The molecule has 1 aliphatic carbocycles. The van der Waals surface area contributed by atoms with Gasteiger partial charge in [0.1, 0.15) is 10.6 Å². The summed E-state index contributed by atoms with van der Waals surface area (Å²) in [6.45, 7) is 6.25. The molecule has 5 heteroatoms. The molecule has 1 amide bonds. The third kappa shape index (κ3) is 5.12. The second kappa shape index (κ2) is 10.3. The zero-order valence-electron chi connectivity index (χ0n) is 18.5. The highest BCUT2D eigenvalue weighted by molar-refractivity contribution is 7.17. The van der Waals surface area contributed by atoms with Crippen LogP contribution < -0.4 is 5.32 Å². The van der Waals surface area contributed by atoms with Crippen LogP contribution in [0.4, 0.5) is 5.00 Å². The van der Waals surface area contributed by atoms with E-state index in [0.717, 1.165) is 53.2 Å². The van der Waals surface area contributed by atoms with E-state index in [1.807, 2.05) is 38.1 Å². The Balaban J connectivity index is 1.79. The molecular weight excluding hydrogens is 394 g/mol. The predicted molar refractivity (Wildman–Crippen MR) is 124 cm³/mol.